The highest BCUT2D eigenvalue weighted by Crippen LogP contribution is 2.33. The summed E-state index contributed by atoms with van der Waals surface area (Å²) >= 11 is 1.47. The fourth-order valence-corrected chi connectivity index (χ4v) is 3.89. The highest BCUT2D eigenvalue weighted by molar-refractivity contribution is 7.99. The average Bonchev–Trinajstić information content (AvgIpc) is 3.18. The van der Waals surface area contributed by atoms with Crippen molar-refractivity contribution in [3.05, 3.63) is 78.0 Å². The van der Waals surface area contributed by atoms with Crippen molar-refractivity contribution in [3.8, 4) is 0 Å². The molecule has 29 heavy (non-hydrogen) atoms. The number of amides is 1. The number of rotatable bonds is 6. The Morgan fingerprint density at radius 2 is 2.03 bits per heavy atom. The number of benzene rings is 2. The summed E-state index contributed by atoms with van der Waals surface area (Å²) in [4.78, 5) is 22.0. The molecule has 0 saturated carbocycles. The van der Waals surface area contributed by atoms with Crippen LogP contribution in [0.4, 0.5) is 10.1 Å². The van der Waals surface area contributed by atoms with E-state index in [1.807, 2.05) is 37.3 Å². The van der Waals surface area contributed by atoms with E-state index in [1.54, 1.807) is 16.6 Å². The molecular weight excluding hydrogens is 389 g/mol. The molecule has 2 aromatic carbocycles. The normalized spacial score (nSPS) is 11.0. The molecule has 1 N–H and O–H groups in total. The molecule has 146 valence electrons. The minimum absolute atomic E-state index is 0.0965. The maximum absolute atomic E-state index is 13.4. The summed E-state index contributed by atoms with van der Waals surface area (Å²) in [7, 11) is 0. The van der Waals surface area contributed by atoms with Gasteiger partial charge in [0.15, 0.2) is 0 Å². The fraction of sp³-hybridized carbons (Fsp3) is 0.143. The van der Waals surface area contributed by atoms with E-state index in [-0.39, 0.29) is 18.1 Å². The van der Waals surface area contributed by atoms with E-state index >= 15 is 0 Å². The van der Waals surface area contributed by atoms with Crippen molar-refractivity contribution in [1.29, 1.82) is 0 Å². The molecule has 0 aliphatic rings. The zero-order valence-corrected chi connectivity index (χ0v) is 16.5. The first-order chi connectivity index (χ1) is 14.1. The number of nitrogens with zero attached hydrogens (tertiary/aromatic N) is 4. The molecule has 8 heteroatoms. The molecule has 0 spiro atoms. The lowest BCUT2D eigenvalue weighted by Crippen LogP contribution is -2.15. The van der Waals surface area contributed by atoms with Crippen molar-refractivity contribution >= 4 is 29.1 Å². The van der Waals surface area contributed by atoms with Crippen molar-refractivity contribution in [2.75, 3.05) is 5.32 Å². The molecule has 0 fully saturated rings. The Kier molecular flexibility index (Phi) is 5.53. The van der Waals surface area contributed by atoms with E-state index in [1.165, 1.54) is 30.2 Å². The van der Waals surface area contributed by atoms with Gasteiger partial charge in [-0.2, -0.15) is 14.6 Å². The molecule has 1 amide bonds. The molecule has 2 aromatic heterocycles. The quantitative estimate of drug-likeness (QED) is 0.486. The number of aromatic nitrogens is 4. The molecule has 0 saturated heterocycles. The summed E-state index contributed by atoms with van der Waals surface area (Å²) < 4.78 is 15.0. The van der Waals surface area contributed by atoms with Crippen LogP contribution >= 0.6 is 11.8 Å². The Hall–Kier alpha value is -3.26. The van der Waals surface area contributed by atoms with Crippen LogP contribution in [0.5, 0.6) is 0 Å². The smallest absolute Gasteiger partial charge is 0.253 e. The van der Waals surface area contributed by atoms with Crippen LogP contribution in [0.2, 0.25) is 0 Å². The van der Waals surface area contributed by atoms with Gasteiger partial charge in [0.1, 0.15) is 17.2 Å². The van der Waals surface area contributed by atoms with Gasteiger partial charge in [-0.1, -0.05) is 43.0 Å². The third-order valence-corrected chi connectivity index (χ3v) is 5.34. The van der Waals surface area contributed by atoms with E-state index < -0.39 is 0 Å². The minimum Gasteiger partial charge on any atom is -0.325 e. The van der Waals surface area contributed by atoms with Crippen LogP contribution in [-0.4, -0.2) is 25.5 Å². The van der Waals surface area contributed by atoms with Crippen molar-refractivity contribution in [2.24, 2.45) is 0 Å². The molecular formula is C21H18FN5OS. The topological polar surface area (TPSA) is 72.2 Å². The molecule has 4 aromatic rings. The van der Waals surface area contributed by atoms with Crippen molar-refractivity contribution in [3.63, 3.8) is 0 Å². The van der Waals surface area contributed by atoms with Gasteiger partial charge in [-0.3, -0.25) is 4.79 Å². The van der Waals surface area contributed by atoms with Crippen molar-refractivity contribution < 1.29 is 9.18 Å². The van der Waals surface area contributed by atoms with E-state index in [9.17, 15) is 9.18 Å². The highest BCUT2D eigenvalue weighted by atomic mass is 32.2. The summed E-state index contributed by atoms with van der Waals surface area (Å²) in [6.07, 6.45) is 2.35. The number of carbonyl (C=O) groups excluding carboxylic acids is 1. The van der Waals surface area contributed by atoms with Crippen LogP contribution in [0.1, 0.15) is 18.2 Å². The minimum atomic E-state index is -0.354. The Labute approximate surface area is 171 Å². The van der Waals surface area contributed by atoms with Gasteiger partial charge < -0.3 is 5.32 Å². The lowest BCUT2D eigenvalue weighted by Gasteiger charge is -2.12. The molecule has 0 radical (unpaired) electrons. The number of nitrogens with one attached hydrogen (secondary N) is 1. The lowest BCUT2D eigenvalue weighted by atomic mass is 10.1. The Morgan fingerprint density at radius 1 is 1.17 bits per heavy atom. The largest absolute Gasteiger partial charge is 0.325 e. The number of carbonyl (C=O) groups is 1. The first-order valence-electron chi connectivity index (χ1n) is 9.13. The molecule has 0 atom stereocenters. The number of anilines is 1. The van der Waals surface area contributed by atoms with Crippen LogP contribution in [0.3, 0.4) is 0 Å². The van der Waals surface area contributed by atoms with Gasteiger partial charge in [-0.25, -0.2) is 9.37 Å². The van der Waals surface area contributed by atoms with Crippen LogP contribution in [0, 0.1) is 5.82 Å². The number of halogens is 1. The molecule has 4 rings (SSSR count). The zero-order valence-electron chi connectivity index (χ0n) is 15.7. The lowest BCUT2D eigenvalue weighted by molar-refractivity contribution is -0.115. The third-order valence-electron chi connectivity index (χ3n) is 4.26. The summed E-state index contributed by atoms with van der Waals surface area (Å²) in [5, 5.41) is 8.03. The van der Waals surface area contributed by atoms with E-state index in [0.717, 1.165) is 22.0 Å². The second kappa shape index (κ2) is 8.40. The van der Waals surface area contributed by atoms with Gasteiger partial charge in [0.05, 0.1) is 12.1 Å². The van der Waals surface area contributed by atoms with Crippen molar-refractivity contribution in [1.82, 2.24) is 19.6 Å². The molecule has 0 aliphatic carbocycles. The molecule has 0 unspecified atom stereocenters. The second-order valence-electron chi connectivity index (χ2n) is 6.36. The Morgan fingerprint density at radius 3 is 2.86 bits per heavy atom. The van der Waals surface area contributed by atoms with Crippen LogP contribution < -0.4 is 5.32 Å². The summed E-state index contributed by atoms with van der Waals surface area (Å²) in [6.45, 7) is 2.03. The standard InChI is InChI=1S/C21H18FN5OS/c1-2-16-12-20(27-21(25-16)23-13-24-27)29-18-9-4-3-8-17(18)26-19(28)11-14-6-5-7-15(22)10-14/h3-10,12-13H,2,11H2,1H3,(H,26,28). The highest BCUT2D eigenvalue weighted by Gasteiger charge is 2.13. The van der Waals surface area contributed by atoms with Crippen molar-refractivity contribution in [2.45, 2.75) is 29.7 Å². The van der Waals surface area contributed by atoms with Crippen LogP contribution in [0.25, 0.3) is 5.78 Å². The van der Waals surface area contributed by atoms with Gasteiger partial charge >= 0.3 is 0 Å². The molecule has 0 aliphatic heterocycles. The SMILES string of the molecule is CCc1cc(Sc2ccccc2NC(=O)Cc2cccc(F)c2)n2ncnc2n1. The number of fused-ring (bicyclic) bond motifs is 1. The van der Waals surface area contributed by atoms with E-state index in [4.69, 9.17) is 0 Å². The maximum atomic E-state index is 13.4. The molecule has 6 nitrogen and oxygen atoms in total. The van der Waals surface area contributed by atoms with E-state index in [0.29, 0.717) is 17.0 Å². The fourth-order valence-electron chi connectivity index (χ4n) is 2.88. The molecule has 0 bridgehead atoms. The Bertz CT molecular complexity index is 1180. The predicted molar refractivity (Wildman–Crippen MR) is 109 cm³/mol. The third kappa shape index (κ3) is 4.43. The first-order valence-corrected chi connectivity index (χ1v) is 9.95. The first kappa shape index (κ1) is 19.1. The number of hydrogen-bond acceptors (Lipinski definition) is 5. The maximum Gasteiger partial charge on any atom is 0.253 e. The predicted octanol–water partition coefficient (Wildman–Crippen LogP) is 4.16. The van der Waals surface area contributed by atoms with Crippen LogP contribution in [-0.2, 0) is 17.6 Å². The van der Waals surface area contributed by atoms with Gasteiger partial charge in [0, 0.05) is 10.6 Å². The average molecular weight is 407 g/mol. The van der Waals surface area contributed by atoms with Crippen LogP contribution in [0.15, 0.2) is 70.8 Å². The molecule has 2 heterocycles. The van der Waals surface area contributed by atoms with Gasteiger partial charge in [-0.05, 0) is 42.3 Å². The number of hydrogen-bond donors (Lipinski definition) is 1. The summed E-state index contributed by atoms with van der Waals surface area (Å²) in [6, 6.07) is 15.6. The Balaban J connectivity index is 1.57. The van der Waals surface area contributed by atoms with E-state index in [2.05, 4.69) is 20.4 Å². The summed E-state index contributed by atoms with van der Waals surface area (Å²) in [5.41, 5.74) is 2.22. The zero-order chi connectivity index (χ0) is 20.2. The van der Waals surface area contributed by atoms with Gasteiger partial charge in [0.2, 0.25) is 5.91 Å². The van der Waals surface area contributed by atoms with Gasteiger partial charge in [0.25, 0.3) is 5.78 Å². The monoisotopic (exact) mass is 407 g/mol. The summed E-state index contributed by atoms with van der Waals surface area (Å²) in [5.74, 6) is -0.0227. The van der Waals surface area contributed by atoms with Gasteiger partial charge in [-0.15, -0.1) is 0 Å². The number of para-hydroxylation sites is 1. The second-order valence-corrected chi connectivity index (χ2v) is 7.43. The number of aryl methyl sites for hydroxylation is 1.